The molecular weight excluding hydrogens is 294 g/mol. The van der Waals surface area contributed by atoms with Crippen LogP contribution in [0.15, 0.2) is 24.3 Å². The number of alkyl halides is 1. The Labute approximate surface area is 115 Å². The number of non-ortho nitro benzene ring substituents is 1. The van der Waals surface area contributed by atoms with Gasteiger partial charge in [-0.2, -0.15) is 0 Å². The van der Waals surface area contributed by atoms with Crippen molar-refractivity contribution in [2.24, 2.45) is 17.8 Å². The molecule has 1 aromatic rings. The standard InChI is InChI=1S/C14H16BrNO2/c15-13(14-11-2-1-3-12(11)14)8-9-4-6-10(7-5-9)16(17)18/h4-7,11-14H,1-3,8H2. The third-order valence-electron chi connectivity index (χ3n) is 4.47. The van der Waals surface area contributed by atoms with E-state index in [0.29, 0.717) is 4.83 Å². The van der Waals surface area contributed by atoms with E-state index in [1.807, 2.05) is 12.1 Å². The average Bonchev–Trinajstić information content (AvgIpc) is 2.84. The zero-order valence-electron chi connectivity index (χ0n) is 10.1. The predicted octanol–water partition coefficient (Wildman–Crippen LogP) is 3.95. The summed E-state index contributed by atoms with van der Waals surface area (Å²) >= 11 is 3.81. The summed E-state index contributed by atoms with van der Waals surface area (Å²) in [6, 6.07) is 6.96. The van der Waals surface area contributed by atoms with E-state index in [9.17, 15) is 10.1 Å². The first-order valence-electron chi connectivity index (χ1n) is 6.54. The summed E-state index contributed by atoms with van der Waals surface area (Å²) in [5, 5.41) is 10.6. The Balaban J connectivity index is 1.61. The van der Waals surface area contributed by atoms with E-state index in [1.54, 1.807) is 12.1 Å². The number of hydrogen-bond donors (Lipinski definition) is 0. The molecule has 2 fully saturated rings. The van der Waals surface area contributed by atoms with Crippen LogP contribution in [-0.2, 0) is 6.42 Å². The summed E-state index contributed by atoms with van der Waals surface area (Å²) in [4.78, 5) is 10.8. The van der Waals surface area contributed by atoms with Gasteiger partial charge in [0.2, 0.25) is 0 Å². The molecule has 1 aromatic carbocycles. The maximum Gasteiger partial charge on any atom is 0.269 e. The monoisotopic (exact) mass is 309 g/mol. The lowest BCUT2D eigenvalue weighted by atomic mass is 10.0. The van der Waals surface area contributed by atoms with Crippen LogP contribution in [0.4, 0.5) is 5.69 Å². The number of nitro benzene ring substituents is 1. The van der Waals surface area contributed by atoms with Crippen LogP contribution in [0.5, 0.6) is 0 Å². The highest BCUT2D eigenvalue weighted by Gasteiger charge is 2.54. The molecule has 96 valence electrons. The van der Waals surface area contributed by atoms with Crippen molar-refractivity contribution < 1.29 is 4.92 Å². The number of halogens is 1. The minimum Gasteiger partial charge on any atom is -0.258 e. The fraction of sp³-hybridized carbons (Fsp3) is 0.571. The number of nitro groups is 1. The number of nitrogens with zero attached hydrogens (tertiary/aromatic N) is 1. The summed E-state index contributed by atoms with van der Waals surface area (Å²) < 4.78 is 0. The Kier molecular flexibility index (Phi) is 3.14. The molecule has 0 heterocycles. The molecule has 2 aliphatic carbocycles. The van der Waals surface area contributed by atoms with Gasteiger partial charge in [-0.15, -0.1) is 0 Å². The van der Waals surface area contributed by atoms with Crippen molar-refractivity contribution in [1.29, 1.82) is 0 Å². The van der Waals surface area contributed by atoms with Gasteiger partial charge in [-0.3, -0.25) is 10.1 Å². The first-order chi connectivity index (χ1) is 8.66. The molecular formula is C14H16BrNO2. The molecule has 3 nitrogen and oxygen atoms in total. The molecule has 0 radical (unpaired) electrons. The van der Waals surface area contributed by atoms with Gasteiger partial charge in [0.1, 0.15) is 0 Å². The van der Waals surface area contributed by atoms with Gasteiger partial charge < -0.3 is 0 Å². The lowest BCUT2D eigenvalue weighted by molar-refractivity contribution is -0.384. The van der Waals surface area contributed by atoms with Crippen LogP contribution in [0.2, 0.25) is 0 Å². The summed E-state index contributed by atoms with van der Waals surface area (Å²) in [7, 11) is 0. The van der Waals surface area contributed by atoms with E-state index >= 15 is 0 Å². The van der Waals surface area contributed by atoms with Crippen LogP contribution in [-0.4, -0.2) is 9.75 Å². The van der Waals surface area contributed by atoms with E-state index in [-0.39, 0.29) is 10.6 Å². The second-order valence-electron chi connectivity index (χ2n) is 5.48. The van der Waals surface area contributed by atoms with Crippen molar-refractivity contribution >= 4 is 21.6 Å². The van der Waals surface area contributed by atoms with Crippen molar-refractivity contribution in [2.45, 2.75) is 30.5 Å². The Morgan fingerprint density at radius 2 is 1.89 bits per heavy atom. The second kappa shape index (κ2) is 4.65. The maximum atomic E-state index is 10.6. The zero-order chi connectivity index (χ0) is 12.7. The van der Waals surface area contributed by atoms with Gasteiger partial charge in [-0.25, -0.2) is 0 Å². The summed E-state index contributed by atoms with van der Waals surface area (Å²) in [6.07, 6.45) is 5.19. The molecule has 0 amide bonds. The maximum absolute atomic E-state index is 10.6. The fourth-order valence-electron chi connectivity index (χ4n) is 3.53. The average molecular weight is 310 g/mol. The number of fused-ring (bicyclic) bond motifs is 1. The molecule has 0 N–H and O–H groups in total. The SMILES string of the molecule is O=[N+]([O-])c1ccc(CC(Br)C2C3CCCC32)cc1. The van der Waals surface area contributed by atoms with Crippen LogP contribution in [0.25, 0.3) is 0 Å². The van der Waals surface area contributed by atoms with E-state index < -0.39 is 0 Å². The molecule has 3 atom stereocenters. The molecule has 3 unspecified atom stereocenters. The van der Waals surface area contributed by atoms with Crippen molar-refractivity contribution in [2.75, 3.05) is 0 Å². The van der Waals surface area contributed by atoms with Crippen LogP contribution in [0.1, 0.15) is 24.8 Å². The van der Waals surface area contributed by atoms with E-state index in [4.69, 9.17) is 0 Å². The molecule has 4 heteroatoms. The molecule has 2 saturated carbocycles. The minimum atomic E-state index is -0.347. The smallest absolute Gasteiger partial charge is 0.258 e. The van der Waals surface area contributed by atoms with Gasteiger partial charge in [0.05, 0.1) is 4.92 Å². The molecule has 18 heavy (non-hydrogen) atoms. The fourth-order valence-corrected chi connectivity index (χ4v) is 4.69. The first-order valence-corrected chi connectivity index (χ1v) is 7.46. The zero-order valence-corrected chi connectivity index (χ0v) is 11.7. The first kappa shape index (κ1) is 12.2. The molecule has 0 spiro atoms. The number of benzene rings is 1. The van der Waals surface area contributed by atoms with Gasteiger partial charge in [0, 0.05) is 17.0 Å². The van der Waals surface area contributed by atoms with E-state index in [1.165, 1.54) is 24.8 Å². The third-order valence-corrected chi connectivity index (χ3v) is 5.40. The van der Waals surface area contributed by atoms with Crippen molar-refractivity contribution in [3.8, 4) is 0 Å². The highest BCUT2D eigenvalue weighted by atomic mass is 79.9. The Morgan fingerprint density at radius 1 is 1.28 bits per heavy atom. The molecule has 0 aromatic heterocycles. The van der Waals surface area contributed by atoms with Gasteiger partial charge in [0.25, 0.3) is 5.69 Å². The third kappa shape index (κ3) is 2.18. The highest BCUT2D eigenvalue weighted by Crippen LogP contribution is 2.60. The topological polar surface area (TPSA) is 43.1 Å². The van der Waals surface area contributed by atoms with Gasteiger partial charge in [0.15, 0.2) is 0 Å². The summed E-state index contributed by atoms with van der Waals surface area (Å²) in [5.41, 5.74) is 1.36. The summed E-state index contributed by atoms with van der Waals surface area (Å²) in [6.45, 7) is 0. The number of hydrogen-bond acceptors (Lipinski definition) is 2. The Morgan fingerprint density at radius 3 is 2.44 bits per heavy atom. The van der Waals surface area contributed by atoms with Crippen molar-refractivity contribution in [1.82, 2.24) is 0 Å². The molecule has 3 rings (SSSR count). The molecule has 2 aliphatic rings. The van der Waals surface area contributed by atoms with E-state index in [2.05, 4.69) is 15.9 Å². The van der Waals surface area contributed by atoms with Gasteiger partial charge in [-0.05, 0) is 42.6 Å². The molecule has 0 aliphatic heterocycles. The van der Waals surface area contributed by atoms with Crippen LogP contribution in [0, 0.1) is 27.9 Å². The van der Waals surface area contributed by atoms with Crippen LogP contribution >= 0.6 is 15.9 Å². The Hall–Kier alpha value is -0.900. The quantitative estimate of drug-likeness (QED) is 0.480. The van der Waals surface area contributed by atoms with Crippen molar-refractivity contribution in [3.63, 3.8) is 0 Å². The van der Waals surface area contributed by atoms with Crippen LogP contribution < -0.4 is 0 Å². The highest BCUT2D eigenvalue weighted by molar-refractivity contribution is 9.09. The second-order valence-corrected chi connectivity index (χ2v) is 6.66. The Bertz CT molecular complexity index is 449. The lowest BCUT2D eigenvalue weighted by Crippen LogP contribution is -2.09. The lowest BCUT2D eigenvalue weighted by Gasteiger charge is -2.11. The number of rotatable bonds is 4. The van der Waals surface area contributed by atoms with Gasteiger partial charge >= 0.3 is 0 Å². The normalized spacial score (nSPS) is 30.8. The van der Waals surface area contributed by atoms with Gasteiger partial charge in [-0.1, -0.05) is 34.5 Å². The largest absolute Gasteiger partial charge is 0.269 e. The summed E-state index contributed by atoms with van der Waals surface area (Å²) in [5.74, 6) is 2.74. The van der Waals surface area contributed by atoms with Crippen LogP contribution in [0.3, 0.4) is 0 Å². The van der Waals surface area contributed by atoms with E-state index in [0.717, 1.165) is 24.2 Å². The molecule has 0 saturated heterocycles. The van der Waals surface area contributed by atoms with Crippen molar-refractivity contribution in [3.05, 3.63) is 39.9 Å². The minimum absolute atomic E-state index is 0.174. The predicted molar refractivity (Wildman–Crippen MR) is 73.8 cm³/mol. The molecule has 0 bridgehead atoms.